The number of benzene rings is 2. The lowest BCUT2D eigenvalue weighted by Crippen LogP contribution is -2.01. The highest BCUT2D eigenvalue weighted by atomic mass is 79.9. The van der Waals surface area contributed by atoms with E-state index in [1.807, 2.05) is 0 Å². The molecular weight excluding hydrogens is 342 g/mol. The van der Waals surface area contributed by atoms with Gasteiger partial charge in [-0.1, -0.05) is 22.0 Å². The van der Waals surface area contributed by atoms with Crippen molar-refractivity contribution in [3.63, 3.8) is 0 Å². The van der Waals surface area contributed by atoms with Gasteiger partial charge in [-0.15, -0.1) is 0 Å². The molecule has 0 amide bonds. The highest BCUT2D eigenvalue weighted by molar-refractivity contribution is 9.09. The summed E-state index contributed by atoms with van der Waals surface area (Å²) in [6.45, 7) is 1.79. The van der Waals surface area contributed by atoms with Crippen LogP contribution < -0.4 is 9.47 Å². The van der Waals surface area contributed by atoms with Crippen molar-refractivity contribution >= 4 is 15.9 Å². The summed E-state index contributed by atoms with van der Waals surface area (Å²) in [4.78, 5) is -0.480. The Morgan fingerprint density at radius 2 is 1.57 bits per heavy atom. The molecule has 2 nitrogen and oxygen atoms in total. The molecule has 5 heteroatoms. The zero-order valence-corrected chi connectivity index (χ0v) is 13.5. The van der Waals surface area contributed by atoms with Crippen molar-refractivity contribution in [1.29, 1.82) is 0 Å². The molecule has 0 spiro atoms. The highest BCUT2D eigenvalue weighted by Gasteiger charge is 2.19. The van der Waals surface area contributed by atoms with Crippen molar-refractivity contribution in [1.82, 2.24) is 0 Å². The second-order valence-corrected chi connectivity index (χ2v) is 5.57. The first-order valence-electron chi connectivity index (χ1n) is 6.29. The molecule has 0 aromatic heterocycles. The third kappa shape index (κ3) is 3.35. The minimum atomic E-state index is -0.480. The maximum absolute atomic E-state index is 14.2. The standard InChI is InChI=1S/C16H15BrF2O2/c1-9-4-10(6-11(18)5-9)16(17)12-7-14(20-2)15(21-3)8-13(12)19/h4-8,16H,1-3H3. The van der Waals surface area contributed by atoms with Crippen LogP contribution in [-0.2, 0) is 0 Å². The number of alkyl halides is 1. The summed E-state index contributed by atoms with van der Waals surface area (Å²) in [5.74, 6) is -0.0629. The minimum absolute atomic E-state index is 0.314. The van der Waals surface area contributed by atoms with Crippen LogP contribution in [0.15, 0.2) is 30.3 Å². The summed E-state index contributed by atoms with van der Waals surface area (Å²) in [7, 11) is 2.92. The Kier molecular flexibility index (Phi) is 4.83. The van der Waals surface area contributed by atoms with Gasteiger partial charge in [0.25, 0.3) is 0 Å². The van der Waals surface area contributed by atoms with E-state index in [9.17, 15) is 8.78 Å². The van der Waals surface area contributed by atoms with E-state index in [2.05, 4.69) is 15.9 Å². The molecule has 0 radical (unpaired) electrons. The normalized spacial score (nSPS) is 12.1. The summed E-state index contributed by atoms with van der Waals surface area (Å²) in [6, 6.07) is 7.41. The van der Waals surface area contributed by atoms with Crippen LogP contribution in [0.3, 0.4) is 0 Å². The quantitative estimate of drug-likeness (QED) is 0.734. The van der Waals surface area contributed by atoms with Gasteiger partial charge in [-0.2, -0.15) is 0 Å². The first-order valence-corrected chi connectivity index (χ1v) is 7.20. The number of hydrogen-bond acceptors (Lipinski definition) is 2. The zero-order chi connectivity index (χ0) is 15.6. The first kappa shape index (κ1) is 15.8. The van der Waals surface area contributed by atoms with Crippen LogP contribution in [0.5, 0.6) is 11.5 Å². The van der Waals surface area contributed by atoms with E-state index in [1.54, 1.807) is 19.1 Å². The molecule has 0 aliphatic heterocycles. The van der Waals surface area contributed by atoms with E-state index in [0.29, 0.717) is 22.6 Å². The van der Waals surface area contributed by atoms with Gasteiger partial charge in [0.15, 0.2) is 11.5 Å². The Morgan fingerprint density at radius 3 is 2.14 bits per heavy atom. The number of halogens is 3. The van der Waals surface area contributed by atoms with Crippen molar-refractivity contribution < 1.29 is 18.3 Å². The molecule has 0 N–H and O–H groups in total. The zero-order valence-electron chi connectivity index (χ0n) is 11.9. The van der Waals surface area contributed by atoms with Gasteiger partial charge in [-0.05, 0) is 36.2 Å². The summed E-state index contributed by atoms with van der Waals surface area (Å²) in [5.41, 5.74) is 1.77. The van der Waals surface area contributed by atoms with Crippen LogP contribution in [0.25, 0.3) is 0 Å². The smallest absolute Gasteiger partial charge is 0.163 e. The molecule has 0 heterocycles. The van der Waals surface area contributed by atoms with Gasteiger partial charge in [0, 0.05) is 11.6 Å². The third-order valence-electron chi connectivity index (χ3n) is 3.13. The lowest BCUT2D eigenvalue weighted by atomic mass is 10.0. The van der Waals surface area contributed by atoms with Crippen LogP contribution in [-0.4, -0.2) is 14.2 Å². The van der Waals surface area contributed by atoms with Crippen LogP contribution >= 0.6 is 15.9 Å². The van der Waals surface area contributed by atoms with E-state index in [-0.39, 0.29) is 5.82 Å². The fourth-order valence-corrected chi connectivity index (χ4v) is 2.77. The maximum atomic E-state index is 14.2. The fourth-order valence-electron chi connectivity index (χ4n) is 2.15. The number of rotatable bonds is 4. The molecule has 112 valence electrons. The summed E-state index contributed by atoms with van der Waals surface area (Å²) >= 11 is 3.42. The highest BCUT2D eigenvalue weighted by Crippen LogP contribution is 2.38. The molecule has 0 aliphatic rings. The van der Waals surface area contributed by atoms with Crippen molar-refractivity contribution in [2.24, 2.45) is 0 Å². The lowest BCUT2D eigenvalue weighted by molar-refractivity contribution is 0.351. The molecule has 0 aliphatic carbocycles. The van der Waals surface area contributed by atoms with Crippen molar-refractivity contribution in [3.05, 3.63) is 58.7 Å². The van der Waals surface area contributed by atoms with Crippen molar-refractivity contribution in [3.8, 4) is 11.5 Å². The predicted molar refractivity (Wildman–Crippen MR) is 81.4 cm³/mol. The Hall–Kier alpha value is -1.62. The molecule has 0 bridgehead atoms. The summed E-state index contributed by atoms with van der Waals surface area (Å²) in [6.07, 6.45) is 0. The van der Waals surface area contributed by atoms with Gasteiger partial charge < -0.3 is 9.47 Å². The molecule has 0 fully saturated rings. The van der Waals surface area contributed by atoms with Crippen LogP contribution in [0, 0.1) is 18.6 Å². The van der Waals surface area contributed by atoms with Gasteiger partial charge >= 0.3 is 0 Å². The molecule has 1 atom stereocenters. The fraction of sp³-hybridized carbons (Fsp3) is 0.250. The Labute approximate surface area is 130 Å². The molecule has 0 saturated carbocycles. The Morgan fingerprint density at radius 1 is 0.952 bits per heavy atom. The predicted octanol–water partition coefficient (Wildman–Crippen LogP) is 4.77. The molecule has 2 rings (SSSR count). The maximum Gasteiger partial charge on any atom is 0.163 e. The topological polar surface area (TPSA) is 18.5 Å². The van der Waals surface area contributed by atoms with E-state index in [4.69, 9.17) is 9.47 Å². The van der Waals surface area contributed by atoms with E-state index in [1.165, 1.54) is 32.4 Å². The van der Waals surface area contributed by atoms with E-state index in [0.717, 1.165) is 5.56 Å². The summed E-state index contributed by atoms with van der Waals surface area (Å²) < 4.78 is 38.0. The Bertz CT molecular complexity index is 639. The van der Waals surface area contributed by atoms with Gasteiger partial charge in [0.1, 0.15) is 11.6 Å². The van der Waals surface area contributed by atoms with E-state index >= 15 is 0 Å². The molecular formula is C16H15BrF2O2. The number of aryl methyl sites for hydroxylation is 1. The van der Waals surface area contributed by atoms with Crippen molar-refractivity contribution in [2.45, 2.75) is 11.8 Å². The molecule has 1 unspecified atom stereocenters. The molecule has 21 heavy (non-hydrogen) atoms. The van der Waals surface area contributed by atoms with Gasteiger partial charge in [0.05, 0.1) is 19.0 Å². The van der Waals surface area contributed by atoms with E-state index < -0.39 is 10.6 Å². The number of ether oxygens (including phenoxy) is 2. The third-order valence-corrected chi connectivity index (χ3v) is 4.15. The molecule has 2 aromatic rings. The minimum Gasteiger partial charge on any atom is -0.493 e. The van der Waals surface area contributed by atoms with Gasteiger partial charge in [0.2, 0.25) is 0 Å². The number of hydrogen-bond donors (Lipinski definition) is 0. The average molecular weight is 357 g/mol. The second kappa shape index (κ2) is 6.43. The monoisotopic (exact) mass is 356 g/mol. The molecule has 0 saturated heterocycles. The summed E-state index contributed by atoms with van der Waals surface area (Å²) in [5, 5.41) is 0. The lowest BCUT2D eigenvalue weighted by Gasteiger charge is -2.16. The van der Waals surface area contributed by atoms with Crippen molar-refractivity contribution in [2.75, 3.05) is 14.2 Å². The molecule has 2 aromatic carbocycles. The van der Waals surface area contributed by atoms with Crippen LogP contribution in [0.4, 0.5) is 8.78 Å². The van der Waals surface area contributed by atoms with Gasteiger partial charge in [-0.3, -0.25) is 0 Å². The average Bonchev–Trinajstić information content (AvgIpc) is 2.45. The Balaban J connectivity index is 2.49. The van der Waals surface area contributed by atoms with Crippen LogP contribution in [0.2, 0.25) is 0 Å². The second-order valence-electron chi connectivity index (χ2n) is 4.65. The van der Waals surface area contributed by atoms with Crippen LogP contribution in [0.1, 0.15) is 21.5 Å². The van der Waals surface area contributed by atoms with Gasteiger partial charge in [-0.25, -0.2) is 8.78 Å². The largest absolute Gasteiger partial charge is 0.493 e. The number of methoxy groups -OCH3 is 2. The SMILES string of the molecule is COc1cc(F)c(C(Br)c2cc(C)cc(F)c2)cc1OC. The first-order chi connectivity index (χ1) is 9.96.